The van der Waals surface area contributed by atoms with Crippen LogP contribution in [-0.4, -0.2) is 4.57 Å². The molecule has 94 valence electrons. The van der Waals surface area contributed by atoms with Crippen LogP contribution < -0.4 is 11.3 Å². The first-order valence-corrected chi connectivity index (χ1v) is 6.17. The molecule has 18 heavy (non-hydrogen) atoms. The van der Waals surface area contributed by atoms with Gasteiger partial charge in [0, 0.05) is 11.9 Å². The maximum atomic E-state index is 13.0. The van der Waals surface area contributed by atoms with E-state index in [4.69, 9.17) is 5.73 Å². The second-order valence-corrected chi connectivity index (χ2v) is 4.98. The zero-order chi connectivity index (χ0) is 13.3. The molecule has 0 saturated carbocycles. The predicted molar refractivity (Wildman–Crippen MR) is 73.1 cm³/mol. The van der Waals surface area contributed by atoms with Gasteiger partial charge >= 0.3 is 0 Å². The van der Waals surface area contributed by atoms with Crippen molar-refractivity contribution in [2.45, 2.75) is 13.5 Å². The molecule has 0 bridgehead atoms. The fourth-order valence-electron chi connectivity index (χ4n) is 1.76. The predicted octanol–water partition coefficient (Wildman–Crippen LogP) is 2.69. The molecule has 5 heteroatoms. The van der Waals surface area contributed by atoms with E-state index in [2.05, 4.69) is 15.9 Å². The second-order valence-electron chi connectivity index (χ2n) is 4.13. The van der Waals surface area contributed by atoms with Crippen molar-refractivity contribution in [2.75, 3.05) is 5.73 Å². The third kappa shape index (κ3) is 2.61. The summed E-state index contributed by atoms with van der Waals surface area (Å²) in [5.74, 6) is -0.280. The summed E-state index contributed by atoms with van der Waals surface area (Å²) in [6.45, 7) is 2.18. The highest BCUT2D eigenvalue weighted by Crippen LogP contribution is 2.13. The smallest absolute Gasteiger partial charge is 0.265 e. The number of hydrogen-bond acceptors (Lipinski definition) is 2. The van der Waals surface area contributed by atoms with Gasteiger partial charge in [0.05, 0.1) is 11.0 Å². The van der Waals surface area contributed by atoms with E-state index in [1.165, 1.54) is 16.7 Å². The van der Waals surface area contributed by atoms with Crippen LogP contribution in [0.2, 0.25) is 0 Å². The normalized spacial score (nSPS) is 10.6. The van der Waals surface area contributed by atoms with Crippen molar-refractivity contribution >= 4 is 21.6 Å². The van der Waals surface area contributed by atoms with Gasteiger partial charge in [0.2, 0.25) is 0 Å². The summed E-state index contributed by atoms with van der Waals surface area (Å²) in [6, 6.07) is 6.07. The minimum atomic E-state index is -0.280. The van der Waals surface area contributed by atoms with Crippen molar-refractivity contribution in [1.29, 1.82) is 0 Å². The van der Waals surface area contributed by atoms with Crippen LogP contribution in [0, 0.1) is 12.7 Å². The summed E-state index contributed by atoms with van der Waals surface area (Å²) in [6.07, 6.45) is 1.58. The van der Waals surface area contributed by atoms with Crippen molar-refractivity contribution in [2.24, 2.45) is 0 Å². The number of anilines is 1. The molecule has 1 aromatic carbocycles. The molecule has 0 aliphatic heterocycles. The van der Waals surface area contributed by atoms with Crippen LogP contribution in [0.4, 0.5) is 10.1 Å². The highest BCUT2D eigenvalue weighted by atomic mass is 79.9. The Hall–Kier alpha value is -1.62. The Bertz CT molecular complexity index is 652. The molecule has 0 fully saturated rings. The molecule has 2 N–H and O–H groups in total. The molecule has 0 amide bonds. The first-order chi connectivity index (χ1) is 8.47. The fourth-order valence-corrected chi connectivity index (χ4v) is 2.25. The molecule has 0 radical (unpaired) electrons. The van der Waals surface area contributed by atoms with Gasteiger partial charge in [0.15, 0.2) is 0 Å². The van der Waals surface area contributed by atoms with E-state index in [1.54, 1.807) is 18.3 Å². The topological polar surface area (TPSA) is 48.0 Å². The molecule has 1 aromatic heterocycles. The van der Waals surface area contributed by atoms with Crippen LogP contribution in [0.3, 0.4) is 0 Å². The number of pyridine rings is 1. The van der Waals surface area contributed by atoms with E-state index in [9.17, 15) is 9.18 Å². The average Bonchev–Trinajstić information content (AvgIpc) is 2.29. The Balaban J connectivity index is 2.43. The standard InChI is InChI=1S/C13H12BrFN2O/c1-8-4-10(15)3-2-9(8)6-17-7-11(16)5-12(14)13(17)18/h2-5,7H,6,16H2,1H3. The summed E-state index contributed by atoms with van der Waals surface area (Å²) in [7, 11) is 0. The first-order valence-electron chi connectivity index (χ1n) is 5.38. The van der Waals surface area contributed by atoms with Crippen molar-refractivity contribution in [1.82, 2.24) is 4.57 Å². The molecule has 0 saturated heterocycles. The molecular weight excluding hydrogens is 299 g/mol. The lowest BCUT2D eigenvalue weighted by atomic mass is 10.1. The number of hydrogen-bond donors (Lipinski definition) is 1. The summed E-state index contributed by atoms with van der Waals surface area (Å²) in [4.78, 5) is 11.9. The molecule has 0 aliphatic rings. The van der Waals surface area contributed by atoms with Gasteiger partial charge in [0.1, 0.15) is 5.82 Å². The van der Waals surface area contributed by atoms with Gasteiger partial charge in [-0.1, -0.05) is 6.07 Å². The van der Waals surface area contributed by atoms with Crippen LogP contribution in [0.1, 0.15) is 11.1 Å². The van der Waals surface area contributed by atoms with Gasteiger partial charge in [-0.05, 0) is 52.2 Å². The van der Waals surface area contributed by atoms with Crippen LogP contribution in [-0.2, 0) is 6.54 Å². The molecule has 0 atom stereocenters. The van der Waals surface area contributed by atoms with E-state index in [-0.39, 0.29) is 11.4 Å². The highest BCUT2D eigenvalue weighted by molar-refractivity contribution is 9.10. The van der Waals surface area contributed by atoms with E-state index in [1.807, 2.05) is 6.92 Å². The summed E-state index contributed by atoms with van der Waals surface area (Å²) in [5.41, 5.74) is 7.73. The van der Waals surface area contributed by atoms with Crippen molar-refractivity contribution in [3.8, 4) is 0 Å². The maximum absolute atomic E-state index is 13.0. The van der Waals surface area contributed by atoms with Crippen molar-refractivity contribution in [3.63, 3.8) is 0 Å². The third-order valence-electron chi connectivity index (χ3n) is 2.71. The number of nitrogens with zero attached hydrogens (tertiary/aromatic N) is 1. The molecule has 2 aromatic rings. The van der Waals surface area contributed by atoms with Crippen LogP contribution in [0.15, 0.2) is 39.7 Å². The summed E-state index contributed by atoms with van der Waals surface area (Å²) in [5, 5.41) is 0. The van der Waals surface area contributed by atoms with Crippen molar-refractivity contribution in [3.05, 3.63) is 62.2 Å². The average molecular weight is 311 g/mol. The highest BCUT2D eigenvalue weighted by Gasteiger charge is 2.06. The number of nitrogens with two attached hydrogens (primary N) is 1. The molecule has 0 unspecified atom stereocenters. The van der Waals surface area contributed by atoms with Gasteiger partial charge in [0.25, 0.3) is 5.56 Å². The Morgan fingerprint density at radius 3 is 2.78 bits per heavy atom. The lowest BCUT2D eigenvalue weighted by Crippen LogP contribution is -2.21. The number of nitrogen functional groups attached to an aromatic ring is 1. The molecule has 0 spiro atoms. The summed E-state index contributed by atoms with van der Waals surface area (Å²) >= 11 is 3.17. The SMILES string of the molecule is Cc1cc(F)ccc1Cn1cc(N)cc(Br)c1=O. The molecule has 1 heterocycles. The second kappa shape index (κ2) is 4.94. The third-order valence-corrected chi connectivity index (χ3v) is 3.28. The lowest BCUT2D eigenvalue weighted by molar-refractivity contribution is 0.624. The fraction of sp³-hybridized carbons (Fsp3) is 0.154. The lowest BCUT2D eigenvalue weighted by Gasteiger charge is -2.10. The van der Waals surface area contributed by atoms with E-state index in [0.717, 1.165) is 11.1 Å². The van der Waals surface area contributed by atoms with Gasteiger partial charge in [-0.25, -0.2) is 4.39 Å². The van der Waals surface area contributed by atoms with Crippen LogP contribution >= 0.6 is 15.9 Å². The molecular formula is C13H12BrFN2O. The number of halogens is 2. The van der Waals surface area contributed by atoms with Gasteiger partial charge in [-0.2, -0.15) is 0 Å². The largest absolute Gasteiger partial charge is 0.398 e. The van der Waals surface area contributed by atoms with E-state index in [0.29, 0.717) is 16.7 Å². The molecule has 2 rings (SSSR count). The Labute approximate surface area is 112 Å². The van der Waals surface area contributed by atoms with E-state index < -0.39 is 0 Å². The first kappa shape index (κ1) is 12.8. The number of aryl methyl sites for hydroxylation is 1. The van der Waals surface area contributed by atoms with Gasteiger partial charge < -0.3 is 10.3 Å². The summed E-state index contributed by atoms with van der Waals surface area (Å²) < 4.78 is 14.9. The van der Waals surface area contributed by atoms with Crippen LogP contribution in [0.5, 0.6) is 0 Å². The number of benzene rings is 1. The maximum Gasteiger partial charge on any atom is 0.265 e. The van der Waals surface area contributed by atoms with E-state index >= 15 is 0 Å². The Morgan fingerprint density at radius 2 is 2.11 bits per heavy atom. The van der Waals surface area contributed by atoms with Gasteiger partial charge in [-0.15, -0.1) is 0 Å². The zero-order valence-electron chi connectivity index (χ0n) is 9.78. The number of aromatic nitrogens is 1. The zero-order valence-corrected chi connectivity index (χ0v) is 11.4. The van der Waals surface area contributed by atoms with Gasteiger partial charge in [-0.3, -0.25) is 4.79 Å². The number of rotatable bonds is 2. The Kier molecular flexibility index (Phi) is 3.52. The quantitative estimate of drug-likeness (QED) is 0.927. The van der Waals surface area contributed by atoms with Crippen LogP contribution in [0.25, 0.3) is 0 Å². The van der Waals surface area contributed by atoms with Crippen molar-refractivity contribution < 1.29 is 4.39 Å². The molecule has 0 aliphatic carbocycles. The Morgan fingerprint density at radius 1 is 1.39 bits per heavy atom. The minimum absolute atomic E-state index is 0.159. The minimum Gasteiger partial charge on any atom is -0.398 e. The monoisotopic (exact) mass is 310 g/mol. The molecule has 3 nitrogen and oxygen atoms in total.